The van der Waals surface area contributed by atoms with Crippen LogP contribution in [0.2, 0.25) is 0 Å². The van der Waals surface area contributed by atoms with Crippen LogP contribution in [-0.4, -0.2) is 41.7 Å². The van der Waals surface area contributed by atoms with E-state index in [4.69, 9.17) is 15.2 Å². The Labute approximate surface area is 218 Å². The van der Waals surface area contributed by atoms with Crippen LogP contribution in [0, 0.1) is 5.92 Å². The molecule has 0 aromatic heterocycles. The Morgan fingerprint density at radius 1 is 1.16 bits per heavy atom. The maximum absolute atomic E-state index is 11.9. The van der Waals surface area contributed by atoms with Crippen molar-refractivity contribution < 1.29 is 19.4 Å². The molecule has 6 nitrogen and oxygen atoms in total. The summed E-state index contributed by atoms with van der Waals surface area (Å²) in [6, 6.07) is 20.8. The number of amides is 1. The van der Waals surface area contributed by atoms with E-state index in [-0.39, 0.29) is 5.75 Å². The van der Waals surface area contributed by atoms with E-state index >= 15 is 0 Å². The maximum atomic E-state index is 11.9. The first-order chi connectivity index (χ1) is 17.8. The molecule has 6 heteroatoms. The van der Waals surface area contributed by atoms with Crippen LogP contribution < -0.4 is 15.2 Å². The summed E-state index contributed by atoms with van der Waals surface area (Å²) < 4.78 is 12.6. The Morgan fingerprint density at radius 2 is 1.95 bits per heavy atom. The van der Waals surface area contributed by atoms with E-state index in [0.29, 0.717) is 24.0 Å². The number of allylic oxidation sites excluding steroid dienone is 1. The number of carbonyl (C=O) groups is 1. The molecule has 2 heterocycles. The first-order valence-corrected chi connectivity index (χ1v) is 12.9. The highest BCUT2D eigenvalue weighted by molar-refractivity contribution is 5.98. The number of fused-ring (bicyclic) bond motifs is 1. The molecule has 3 atom stereocenters. The molecule has 3 aromatic rings. The van der Waals surface area contributed by atoms with Gasteiger partial charge in [0.05, 0.1) is 0 Å². The molecule has 0 saturated carbocycles. The van der Waals surface area contributed by atoms with Gasteiger partial charge in [-0.3, -0.25) is 9.69 Å². The third-order valence-corrected chi connectivity index (χ3v) is 7.49. The molecule has 2 aliphatic heterocycles. The maximum Gasteiger partial charge on any atom is 0.248 e. The summed E-state index contributed by atoms with van der Waals surface area (Å²) in [4.78, 5) is 14.4. The van der Waals surface area contributed by atoms with Crippen molar-refractivity contribution in [1.29, 1.82) is 0 Å². The highest BCUT2D eigenvalue weighted by Crippen LogP contribution is 2.47. The molecular formula is C31H34N2O4. The topological polar surface area (TPSA) is 85.0 Å². The number of rotatable bonds is 7. The Kier molecular flexibility index (Phi) is 6.94. The second-order valence-electron chi connectivity index (χ2n) is 10.3. The van der Waals surface area contributed by atoms with Crippen molar-refractivity contribution in [3.05, 3.63) is 89.0 Å². The number of hydrogen-bond acceptors (Lipinski definition) is 5. The summed E-state index contributed by atoms with van der Waals surface area (Å²) in [5, 5.41) is 10.1. The molecule has 1 amide bonds. The van der Waals surface area contributed by atoms with Crippen LogP contribution in [0.1, 0.15) is 60.3 Å². The molecule has 0 aliphatic carbocycles. The van der Waals surface area contributed by atoms with Crippen molar-refractivity contribution in [2.75, 3.05) is 19.7 Å². The normalized spacial score (nSPS) is 20.3. The van der Waals surface area contributed by atoms with Crippen LogP contribution in [-0.2, 0) is 0 Å². The molecule has 1 fully saturated rings. The third-order valence-electron chi connectivity index (χ3n) is 7.49. The number of phenols is 1. The average Bonchev–Trinajstić information content (AvgIpc) is 3.34. The Balaban J connectivity index is 1.43. The zero-order chi connectivity index (χ0) is 26.1. The molecule has 1 saturated heterocycles. The van der Waals surface area contributed by atoms with Crippen molar-refractivity contribution in [2.45, 2.75) is 39.3 Å². The summed E-state index contributed by atoms with van der Waals surface area (Å²) in [6.45, 7) is 9.44. The predicted molar refractivity (Wildman–Crippen MR) is 146 cm³/mol. The van der Waals surface area contributed by atoms with Crippen LogP contribution in [0.25, 0.3) is 11.1 Å². The molecule has 0 spiro atoms. The van der Waals surface area contributed by atoms with E-state index in [1.165, 1.54) is 6.42 Å². The monoisotopic (exact) mass is 498 g/mol. The van der Waals surface area contributed by atoms with Crippen LogP contribution in [0.3, 0.4) is 0 Å². The standard InChI is InChI=1S/C31H34N2O4/c1-19-13-14-33(17-19)20(2)18-36-26-10-7-22(8-11-26)30-29(23-5-4-6-24(15-23)31(32)35)21(3)27-16-25(34)9-12-28(27)37-30/h4-12,15-16,19-20,30,34H,13-14,17-18H2,1-3H3,(H2,32,35). The second kappa shape index (κ2) is 10.3. The van der Waals surface area contributed by atoms with Crippen molar-refractivity contribution in [1.82, 2.24) is 4.90 Å². The second-order valence-corrected chi connectivity index (χ2v) is 10.3. The zero-order valence-corrected chi connectivity index (χ0v) is 21.6. The number of carbonyl (C=O) groups excluding carboxylic acids is 1. The van der Waals surface area contributed by atoms with Gasteiger partial charge in [-0.1, -0.05) is 31.2 Å². The minimum absolute atomic E-state index is 0.171. The van der Waals surface area contributed by atoms with Gasteiger partial charge in [0.2, 0.25) is 5.91 Å². The van der Waals surface area contributed by atoms with Crippen molar-refractivity contribution in [3.63, 3.8) is 0 Å². The first kappa shape index (κ1) is 24.9. The van der Waals surface area contributed by atoms with Gasteiger partial charge < -0.3 is 20.3 Å². The third kappa shape index (κ3) is 5.20. The van der Waals surface area contributed by atoms with Crippen LogP contribution in [0.4, 0.5) is 0 Å². The van der Waals surface area contributed by atoms with Gasteiger partial charge >= 0.3 is 0 Å². The molecule has 0 radical (unpaired) electrons. The SMILES string of the molecule is CC1=C(c2cccc(C(N)=O)c2)C(c2ccc(OCC(C)N3CCC(C)C3)cc2)Oc2ccc(O)cc21. The lowest BCUT2D eigenvalue weighted by Gasteiger charge is -2.31. The number of nitrogens with two attached hydrogens (primary N) is 1. The highest BCUT2D eigenvalue weighted by atomic mass is 16.5. The van der Waals surface area contributed by atoms with Crippen LogP contribution in [0.5, 0.6) is 17.2 Å². The summed E-state index contributed by atoms with van der Waals surface area (Å²) in [5.41, 5.74) is 10.5. The highest BCUT2D eigenvalue weighted by Gasteiger charge is 2.30. The van der Waals surface area contributed by atoms with Gasteiger partial charge in [0.1, 0.15) is 30.0 Å². The summed E-state index contributed by atoms with van der Waals surface area (Å²) in [5.74, 6) is 1.96. The lowest BCUT2D eigenvalue weighted by molar-refractivity contribution is 0.1000. The number of primary amides is 1. The zero-order valence-electron chi connectivity index (χ0n) is 21.6. The number of aromatic hydroxyl groups is 1. The smallest absolute Gasteiger partial charge is 0.248 e. The number of nitrogens with zero attached hydrogens (tertiary/aromatic N) is 1. The Bertz CT molecular complexity index is 1330. The number of likely N-dealkylation sites (tertiary alicyclic amines) is 1. The number of phenolic OH excluding ortho intramolecular Hbond substituents is 1. The lowest BCUT2D eigenvalue weighted by atomic mass is 9.85. The average molecular weight is 499 g/mol. The fraction of sp³-hybridized carbons (Fsp3) is 0.323. The van der Waals surface area contributed by atoms with E-state index in [0.717, 1.165) is 52.6 Å². The number of ether oxygens (including phenoxy) is 2. The Hall–Kier alpha value is -3.77. The molecule has 5 rings (SSSR count). The van der Waals surface area contributed by atoms with Crippen molar-refractivity contribution in [2.24, 2.45) is 11.7 Å². The van der Waals surface area contributed by atoms with Crippen molar-refractivity contribution in [3.8, 4) is 17.2 Å². The number of benzene rings is 3. The van der Waals surface area contributed by atoms with Crippen LogP contribution in [0.15, 0.2) is 66.7 Å². The van der Waals surface area contributed by atoms with E-state index in [9.17, 15) is 9.90 Å². The summed E-state index contributed by atoms with van der Waals surface area (Å²) in [7, 11) is 0. The molecule has 3 N–H and O–H groups in total. The molecule has 192 valence electrons. The van der Waals surface area contributed by atoms with Gasteiger partial charge in [0.15, 0.2) is 0 Å². The molecule has 2 aliphatic rings. The minimum atomic E-state index is -0.481. The lowest BCUT2D eigenvalue weighted by Crippen LogP contribution is -2.35. The van der Waals surface area contributed by atoms with Gasteiger partial charge in [-0.25, -0.2) is 0 Å². The predicted octanol–water partition coefficient (Wildman–Crippen LogP) is 5.66. The van der Waals surface area contributed by atoms with Gasteiger partial charge in [-0.2, -0.15) is 0 Å². The summed E-state index contributed by atoms with van der Waals surface area (Å²) >= 11 is 0. The summed E-state index contributed by atoms with van der Waals surface area (Å²) in [6.07, 6.45) is 0.847. The van der Waals surface area contributed by atoms with E-state index < -0.39 is 12.0 Å². The Morgan fingerprint density at radius 3 is 2.65 bits per heavy atom. The molecule has 0 bridgehead atoms. The quantitative estimate of drug-likeness (QED) is 0.439. The molecule has 3 aromatic carbocycles. The molecular weight excluding hydrogens is 464 g/mol. The molecule has 37 heavy (non-hydrogen) atoms. The van der Waals surface area contributed by atoms with E-state index in [1.54, 1.807) is 30.3 Å². The van der Waals surface area contributed by atoms with Gasteiger partial charge in [0, 0.05) is 29.3 Å². The van der Waals surface area contributed by atoms with E-state index in [2.05, 4.69) is 18.7 Å². The number of hydrogen-bond donors (Lipinski definition) is 2. The van der Waals surface area contributed by atoms with Crippen LogP contribution >= 0.6 is 0 Å². The fourth-order valence-corrected chi connectivity index (χ4v) is 5.31. The van der Waals surface area contributed by atoms with Crippen molar-refractivity contribution >= 4 is 17.1 Å². The van der Waals surface area contributed by atoms with E-state index in [1.807, 2.05) is 43.3 Å². The van der Waals surface area contributed by atoms with Gasteiger partial charge in [0.25, 0.3) is 0 Å². The van der Waals surface area contributed by atoms with Gasteiger partial charge in [-0.15, -0.1) is 0 Å². The largest absolute Gasteiger partial charge is 0.508 e. The fourth-order valence-electron chi connectivity index (χ4n) is 5.31. The first-order valence-electron chi connectivity index (χ1n) is 12.9. The molecule has 3 unspecified atom stereocenters. The van der Waals surface area contributed by atoms with Gasteiger partial charge in [-0.05, 0) is 91.9 Å². The minimum Gasteiger partial charge on any atom is -0.508 e.